The van der Waals surface area contributed by atoms with Crippen LogP contribution in [0.3, 0.4) is 0 Å². The van der Waals surface area contributed by atoms with Gasteiger partial charge in [0.25, 0.3) is 0 Å². The molecule has 0 radical (unpaired) electrons. The summed E-state index contributed by atoms with van der Waals surface area (Å²) in [6, 6.07) is 21.4. The number of aryl methyl sites for hydroxylation is 1. The van der Waals surface area contributed by atoms with Gasteiger partial charge >= 0.3 is 0 Å². The molecule has 3 aromatic rings. The number of hydrogen-bond donors (Lipinski definition) is 1. The second-order valence-corrected chi connectivity index (χ2v) is 11.8. The van der Waals surface area contributed by atoms with Crippen LogP contribution in [0.4, 0.5) is 5.69 Å². The van der Waals surface area contributed by atoms with Crippen molar-refractivity contribution < 1.29 is 14.6 Å². The van der Waals surface area contributed by atoms with Crippen molar-refractivity contribution in [2.75, 3.05) is 57.9 Å². The first-order chi connectivity index (χ1) is 19.9. The van der Waals surface area contributed by atoms with E-state index in [2.05, 4.69) is 84.0 Å². The van der Waals surface area contributed by atoms with Crippen molar-refractivity contribution in [3.05, 3.63) is 82.9 Å². The number of phenolic OH excluding ortho intramolecular Hbond substituents is 1. The topological polar surface area (TPSA) is 48.4 Å². The van der Waals surface area contributed by atoms with E-state index < -0.39 is 0 Å². The van der Waals surface area contributed by atoms with Gasteiger partial charge in [0.05, 0.1) is 7.11 Å². The fourth-order valence-electron chi connectivity index (χ4n) is 6.31. The summed E-state index contributed by atoms with van der Waals surface area (Å²) < 4.78 is 11.8. The molecule has 1 atom stereocenters. The van der Waals surface area contributed by atoms with Crippen LogP contribution in [0.5, 0.6) is 17.2 Å². The molecule has 6 heteroatoms. The molecule has 0 amide bonds. The van der Waals surface area contributed by atoms with Gasteiger partial charge in [-0.2, -0.15) is 0 Å². The second-order valence-electron chi connectivity index (χ2n) is 11.8. The van der Waals surface area contributed by atoms with E-state index in [4.69, 9.17) is 9.47 Å². The van der Waals surface area contributed by atoms with Crippen LogP contribution in [0.15, 0.2) is 60.7 Å². The number of benzene rings is 3. The minimum atomic E-state index is 0.317. The zero-order valence-corrected chi connectivity index (χ0v) is 25.3. The minimum absolute atomic E-state index is 0.317. The maximum Gasteiger partial charge on any atom is 0.120 e. The molecule has 1 aliphatic heterocycles. The summed E-state index contributed by atoms with van der Waals surface area (Å²) in [7, 11) is 1.74. The van der Waals surface area contributed by atoms with Crippen molar-refractivity contribution in [1.82, 2.24) is 9.80 Å². The molecule has 1 heterocycles. The van der Waals surface area contributed by atoms with E-state index in [0.29, 0.717) is 17.7 Å². The molecule has 0 saturated carbocycles. The van der Waals surface area contributed by atoms with E-state index in [1.807, 2.05) is 12.1 Å². The Morgan fingerprint density at radius 3 is 2.34 bits per heavy atom. The first kappa shape index (κ1) is 29.3. The van der Waals surface area contributed by atoms with Gasteiger partial charge in [-0.3, -0.25) is 4.90 Å². The van der Waals surface area contributed by atoms with Gasteiger partial charge in [-0.1, -0.05) is 31.2 Å². The number of ether oxygens (including phenoxy) is 2. The molecule has 41 heavy (non-hydrogen) atoms. The average Bonchev–Trinajstić information content (AvgIpc) is 3.00. The first-order valence-corrected chi connectivity index (χ1v) is 15.3. The van der Waals surface area contributed by atoms with E-state index in [1.165, 1.54) is 27.9 Å². The molecule has 0 aromatic heterocycles. The van der Waals surface area contributed by atoms with Crippen molar-refractivity contribution in [2.24, 2.45) is 0 Å². The summed E-state index contributed by atoms with van der Waals surface area (Å²) in [4.78, 5) is 7.50. The van der Waals surface area contributed by atoms with Gasteiger partial charge in [-0.05, 0) is 98.2 Å². The molecule has 1 fully saturated rings. The largest absolute Gasteiger partial charge is 0.508 e. The average molecular weight is 558 g/mol. The fourth-order valence-corrected chi connectivity index (χ4v) is 6.31. The van der Waals surface area contributed by atoms with Crippen LogP contribution in [0, 0.1) is 0 Å². The van der Waals surface area contributed by atoms with Crippen LogP contribution >= 0.6 is 0 Å². The second kappa shape index (κ2) is 13.6. The third kappa shape index (κ3) is 7.35. The summed E-state index contributed by atoms with van der Waals surface area (Å²) in [5.74, 6) is 2.61. The number of nitrogens with zero attached hydrogens (tertiary/aromatic N) is 3. The van der Waals surface area contributed by atoms with Gasteiger partial charge in [0.15, 0.2) is 0 Å². The van der Waals surface area contributed by atoms with Crippen LogP contribution < -0.4 is 14.4 Å². The highest BCUT2D eigenvalue weighted by atomic mass is 16.5. The number of likely N-dealkylation sites (N-methyl/N-ethyl adjacent to an activating group) is 1. The number of rotatable bonds is 11. The number of aromatic hydroxyl groups is 1. The number of hydrogen-bond acceptors (Lipinski definition) is 6. The molecule has 1 unspecified atom stereocenters. The van der Waals surface area contributed by atoms with E-state index in [1.54, 1.807) is 7.11 Å². The molecule has 1 N–H and O–H groups in total. The molecule has 3 aromatic carbocycles. The monoisotopic (exact) mass is 557 g/mol. The lowest BCUT2D eigenvalue weighted by molar-refractivity contribution is 0.121. The summed E-state index contributed by atoms with van der Waals surface area (Å²) in [6.45, 7) is 15.0. The number of methoxy groups -OCH3 is 1. The van der Waals surface area contributed by atoms with E-state index >= 15 is 0 Å². The Balaban J connectivity index is 1.26. The molecule has 5 rings (SSSR count). The van der Waals surface area contributed by atoms with Gasteiger partial charge in [-0.15, -0.1) is 0 Å². The standard InChI is InChI=1S/C35H47N3O3/c1-5-36-16-18-37(19-17-36)20-21-41-32-12-6-27(7-13-32)25-38(26(2)3)35-24-33(40-4)14-15-34(35)30-9-8-29-23-31(39)11-10-28(29)22-30/h6-7,10-15,23-24,26,30,39H,5,8-9,16-22,25H2,1-4H3. The lowest BCUT2D eigenvalue weighted by Crippen LogP contribution is -2.47. The number of phenols is 1. The van der Waals surface area contributed by atoms with Gasteiger partial charge < -0.3 is 24.4 Å². The number of anilines is 1. The first-order valence-electron chi connectivity index (χ1n) is 15.3. The van der Waals surface area contributed by atoms with Crippen molar-refractivity contribution in [1.29, 1.82) is 0 Å². The smallest absolute Gasteiger partial charge is 0.120 e. The van der Waals surface area contributed by atoms with Crippen molar-refractivity contribution >= 4 is 5.69 Å². The highest BCUT2D eigenvalue weighted by Crippen LogP contribution is 2.40. The summed E-state index contributed by atoms with van der Waals surface area (Å²) in [5, 5.41) is 9.94. The molecule has 0 bridgehead atoms. The van der Waals surface area contributed by atoms with Crippen LogP contribution in [0.1, 0.15) is 55.4 Å². The van der Waals surface area contributed by atoms with Crippen LogP contribution in [-0.4, -0.2) is 73.9 Å². The number of piperazine rings is 1. The summed E-state index contributed by atoms with van der Waals surface area (Å²) >= 11 is 0. The normalized spacial score (nSPS) is 17.8. The Morgan fingerprint density at radius 2 is 1.63 bits per heavy atom. The minimum Gasteiger partial charge on any atom is -0.508 e. The SMILES string of the molecule is CCN1CCN(CCOc2ccc(CN(c3cc(OC)ccc3C3CCc4cc(O)ccc4C3)C(C)C)cc2)CC1. The molecular formula is C35H47N3O3. The van der Waals surface area contributed by atoms with E-state index in [9.17, 15) is 5.11 Å². The Bertz CT molecular complexity index is 1270. The Morgan fingerprint density at radius 1 is 0.902 bits per heavy atom. The van der Waals surface area contributed by atoms with Crippen LogP contribution in [-0.2, 0) is 19.4 Å². The zero-order valence-electron chi connectivity index (χ0n) is 25.3. The van der Waals surface area contributed by atoms with Crippen molar-refractivity contribution in [2.45, 2.75) is 58.5 Å². The highest BCUT2D eigenvalue weighted by molar-refractivity contribution is 5.60. The predicted octanol–water partition coefficient (Wildman–Crippen LogP) is 6.10. The van der Waals surface area contributed by atoms with Gasteiger partial charge in [0.1, 0.15) is 23.9 Å². The quantitative estimate of drug-likeness (QED) is 0.307. The zero-order chi connectivity index (χ0) is 28.8. The molecule has 2 aliphatic rings. The molecule has 220 valence electrons. The molecule has 1 saturated heterocycles. The maximum atomic E-state index is 9.94. The van der Waals surface area contributed by atoms with Gasteiger partial charge in [0.2, 0.25) is 0 Å². The number of fused-ring (bicyclic) bond motifs is 1. The highest BCUT2D eigenvalue weighted by Gasteiger charge is 2.26. The van der Waals surface area contributed by atoms with E-state index in [0.717, 1.165) is 83.2 Å². The van der Waals surface area contributed by atoms with Gasteiger partial charge in [0, 0.05) is 57.1 Å². The Hall–Kier alpha value is -3.22. The van der Waals surface area contributed by atoms with Crippen LogP contribution in [0.2, 0.25) is 0 Å². The summed E-state index contributed by atoms with van der Waals surface area (Å²) in [5.41, 5.74) is 6.50. The lowest BCUT2D eigenvalue weighted by atomic mass is 9.79. The predicted molar refractivity (Wildman–Crippen MR) is 168 cm³/mol. The molecular weight excluding hydrogens is 510 g/mol. The Labute approximate surface area is 246 Å². The Kier molecular flexibility index (Phi) is 9.73. The fraction of sp³-hybridized carbons (Fsp3) is 0.486. The molecule has 6 nitrogen and oxygen atoms in total. The van der Waals surface area contributed by atoms with E-state index in [-0.39, 0.29) is 0 Å². The third-order valence-corrected chi connectivity index (χ3v) is 8.89. The van der Waals surface area contributed by atoms with Crippen LogP contribution in [0.25, 0.3) is 0 Å². The molecule has 0 spiro atoms. The van der Waals surface area contributed by atoms with Gasteiger partial charge in [-0.25, -0.2) is 0 Å². The molecule has 1 aliphatic carbocycles. The third-order valence-electron chi connectivity index (χ3n) is 8.89. The summed E-state index contributed by atoms with van der Waals surface area (Å²) in [6.07, 6.45) is 3.04. The lowest BCUT2D eigenvalue weighted by Gasteiger charge is -2.35. The van der Waals surface area contributed by atoms with Crippen molar-refractivity contribution in [3.8, 4) is 17.2 Å². The maximum absolute atomic E-state index is 9.94. The van der Waals surface area contributed by atoms with Crippen molar-refractivity contribution in [3.63, 3.8) is 0 Å².